The van der Waals surface area contributed by atoms with Gasteiger partial charge in [-0.25, -0.2) is 4.79 Å². The number of carbonyl (C=O) groups excluding carboxylic acids is 2. The lowest BCUT2D eigenvalue weighted by molar-refractivity contribution is -0.136. The van der Waals surface area contributed by atoms with Crippen molar-refractivity contribution in [2.24, 2.45) is 5.73 Å². The molecule has 0 bridgehead atoms. The number of hydrogen-bond acceptors (Lipinski definition) is 4. The summed E-state index contributed by atoms with van der Waals surface area (Å²) in [6.45, 7) is 1.92. The molecule has 0 aromatic heterocycles. The lowest BCUT2D eigenvalue weighted by Crippen LogP contribution is -2.11. The second kappa shape index (κ2) is 5.56. The molecule has 0 atom stereocenters. The minimum absolute atomic E-state index is 0.0411. The Morgan fingerprint density at radius 3 is 2.76 bits per heavy atom. The van der Waals surface area contributed by atoms with Crippen LogP contribution < -0.4 is 5.73 Å². The normalized spacial score (nSPS) is 9.00. The molecule has 0 fully saturated rings. The van der Waals surface area contributed by atoms with Crippen molar-refractivity contribution in [1.29, 1.82) is 0 Å². The van der Waals surface area contributed by atoms with Gasteiger partial charge in [-0.1, -0.05) is 5.92 Å². The summed E-state index contributed by atoms with van der Waals surface area (Å²) in [4.78, 5) is 21.9. The number of amides is 1. The van der Waals surface area contributed by atoms with Gasteiger partial charge in [-0.2, -0.15) is 0 Å². The lowest BCUT2D eigenvalue weighted by Gasteiger charge is -1.99. The Bertz CT molecular complexity index is 511. The number of phenols is 1. The van der Waals surface area contributed by atoms with E-state index in [2.05, 4.69) is 16.6 Å². The van der Waals surface area contributed by atoms with Gasteiger partial charge in [0.1, 0.15) is 5.75 Å². The Morgan fingerprint density at radius 1 is 1.47 bits per heavy atom. The van der Waals surface area contributed by atoms with E-state index in [0.29, 0.717) is 5.56 Å². The van der Waals surface area contributed by atoms with Crippen molar-refractivity contribution in [1.82, 2.24) is 0 Å². The molecule has 0 aliphatic rings. The fourth-order valence-corrected chi connectivity index (χ4v) is 1.10. The van der Waals surface area contributed by atoms with Gasteiger partial charge in [0.05, 0.1) is 12.2 Å². The Balaban J connectivity index is 2.97. The van der Waals surface area contributed by atoms with Crippen molar-refractivity contribution in [2.75, 3.05) is 6.61 Å². The van der Waals surface area contributed by atoms with Crippen LogP contribution in [0.1, 0.15) is 22.8 Å². The van der Waals surface area contributed by atoms with Gasteiger partial charge >= 0.3 is 5.97 Å². The van der Waals surface area contributed by atoms with Gasteiger partial charge in [0.25, 0.3) is 5.91 Å². The van der Waals surface area contributed by atoms with Crippen molar-refractivity contribution in [3.05, 3.63) is 29.3 Å². The highest BCUT2D eigenvalue weighted by atomic mass is 16.5. The van der Waals surface area contributed by atoms with Gasteiger partial charge in [0.15, 0.2) is 0 Å². The van der Waals surface area contributed by atoms with E-state index < -0.39 is 11.9 Å². The van der Waals surface area contributed by atoms with E-state index >= 15 is 0 Å². The molecule has 0 unspecified atom stereocenters. The first-order chi connectivity index (χ1) is 8.04. The average Bonchev–Trinajstić information content (AvgIpc) is 2.28. The summed E-state index contributed by atoms with van der Waals surface area (Å²) < 4.78 is 4.61. The van der Waals surface area contributed by atoms with E-state index in [1.54, 1.807) is 6.92 Å². The van der Waals surface area contributed by atoms with E-state index in [1.165, 1.54) is 18.2 Å². The van der Waals surface area contributed by atoms with Crippen LogP contribution in [0.4, 0.5) is 0 Å². The molecule has 0 aliphatic heterocycles. The summed E-state index contributed by atoms with van der Waals surface area (Å²) in [5.74, 6) is 3.11. The van der Waals surface area contributed by atoms with Gasteiger partial charge in [-0.05, 0) is 25.1 Å². The number of benzene rings is 1. The molecule has 0 aliphatic carbocycles. The van der Waals surface area contributed by atoms with Crippen LogP contribution in [-0.4, -0.2) is 23.6 Å². The highest BCUT2D eigenvalue weighted by Gasteiger charge is 2.07. The SMILES string of the molecule is CCOC(=O)C#Cc1ccc(O)c(C(N)=O)c1. The zero-order valence-electron chi connectivity index (χ0n) is 9.19. The Hall–Kier alpha value is -2.48. The number of primary amides is 1. The zero-order valence-corrected chi connectivity index (χ0v) is 9.19. The molecule has 5 heteroatoms. The molecular weight excluding hydrogens is 222 g/mol. The molecule has 0 heterocycles. The number of nitrogens with two attached hydrogens (primary N) is 1. The maximum Gasteiger partial charge on any atom is 0.384 e. The summed E-state index contributed by atoms with van der Waals surface area (Å²) in [6.07, 6.45) is 0. The topological polar surface area (TPSA) is 89.6 Å². The molecule has 1 aromatic rings. The molecule has 0 saturated carbocycles. The summed E-state index contributed by atoms with van der Waals surface area (Å²) in [7, 11) is 0. The van der Waals surface area contributed by atoms with Crippen LogP contribution in [0, 0.1) is 11.8 Å². The second-order valence-corrected chi connectivity index (χ2v) is 3.07. The number of carbonyl (C=O) groups is 2. The minimum atomic E-state index is -0.762. The maximum atomic E-state index is 11.0. The third-order valence-corrected chi connectivity index (χ3v) is 1.85. The van der Waals surface area contributed by atoms with Gasteiger partial charge < -0.3 is 15.6 Å². The smallest absolute Gasteiger partial charge is 0.384 e. The fourth-order valence-electron chi connectivity index (χ4n) is 1.10. The summed E-state index contributed by atoms with van der Waals surface area (Å²) in [5.41, 5.74) is 5.40. The molecule has 88 valence electrons. The Labute approximate surface area is 98.2 Å². The molecule has 0 saturated heterocycles. The molecule has 1 aromatic carbocycles. The van der Waals surface area contributed by atoms with E-state index in [4.69, 9.17) is 5.73 Å². The van der Waals surface area contributed by atoms with Crippen LogP contribution in [-0.2, 0) is 9.53 Å². The molecule has 0 spiro atoms. The first-order valence-electron chi connectivity index (χ1n) is 4.86. The minimum Gasteiger partial charge on any atom is -0.507 e. The number of esters is 1. The van der Waals surface area contributed by atoms with Crippen LogP contribution in [0.15, 0.2) is 18.2 Å². The van der Waals surface area contributed by atoms with Crippen LogP contribution in [0.3, 0.4) is 0 Å². The molecular formula is C12H11NO4. The Kier molecular flexibility index (Phi) is 4.12. The van der Waals surface area contributed by atoms with Crippen LogP contribution >= 0.6 is 0 Å². The number of rotatable bonds is 2. The summed E-state index contributed by atoms with van der Waals surface area (Å²) in [6, 6.07) is 4.06. The van der Waals surface area contributed by atoms with Gasteiger partial charge in [0.2, 0.25) is 0 Å². The monoisotopic (exact) mass is 233 g/mol. The van der Waals surface area contributed by atoms with Gasteiger partial charge in [0, 0.05) is 11.5 Å². The highest BCUT2D eigenvalue weighted by molar-refractivity contribution is 5.96. The van der Waals surface area contributed by atoms with Crippen LogP contribution in [0.25, 0.3) is 0 Å². The molecule has 5 nitrogen and oxygen atoms in total. The second-order valence-electron chi connectivity index (χ2n) is 3.07. The van der Waals surface area contributed by atoms with Crippen molar-refractivity contribution in [3.8, 4) is 17.6 Å². The molecule has 3 N–H and O–H groups in total. The lowest BCUT2D eigenvalue weighted by atomic mass is 10.1. The average molecular weight is 233 g/mol. The number of aromatic hydroxyl groups is 1. The molecule has 0 radical (unpaired) electrons. The largest absolute Gasteiger partial charge is 0.507 e. The van der Waals surface area contributed by atoms with Gasteiger partial charge in [-0.15, -0.1) is 0 Å². The number of hydrogen-bond donors (Lipinski definition) is 2. The molecule has 17 heavy (non-hydrogen) atoms. The summed E-state index contributed by atoms with van der Waals surface area (Å²) in [5, 5.41) is 9.33. The molecule has 1 rings (SSSR count). The number of ether oxygens (including phenoxy) is 1. The van der Waals surface area contributed by atoms with Crippen molar-refractivity contribution in [3.63, 3.8) is 0 Å². The van der Waals surface area contributed by atoms with Gasteiger partial charge in [-0.3, -0.25) is 4.79 Å². The van der Waals surface area contributed by atoms with Crippen LogP contribution in [0.5, 0.6) is 5.75 Å². The maximum absolute atomic E-state index is 11.0. The third kappa shape index (κ3) is 3.54. The van der Waals surface area contributed by atoms with E-state index in [-0.39, 0.29) is 17.9 Å². The van der Waals surface area contributed by atoms with Crippen molar-refractivity contribution in [2.45, 2.75) is 6.92 Å². The highest BCUT2D eigenvalue weighted by Crippen LogP contribution is 2.17. The van der Waals surface area contributed by atoms with Crippen molar-refractivity contribution >= 4 is 11.9 Å². The van der Waals surface area contributed by atoms with E-state index in [0.717, 1.165) is 0 Å². The first-order valence-corrected chi connectivity index (χ1v) is 4.86. The predicted octanol–water partition coefficient (Wildman–Crippen LogP) is 0.406. The van der Waals surface area contributed by atoms with E-state index in [9.17, 15) is 14.7 Å². The quantitative estimate of drug-likeness (QED) is 0.571. The standard InChI is InChI=1S/C12H11NO4/c1-2-17-11(15)6-4-8-3-5-10(14)9(7-8)12(13)16/h3,5,7,14H,2H2,1H3,(H2,13,16). The first kappa shape index (κ1) is 12.6. The molecule has 1 amide bonds. The fraction of sp³-hybridized carbons (Fsp3) is 0.167. The van der Waals surface area contributed by atoms with Crippen LogP contribution in [0.2, 0.25) is 0 Å². The Morgan fingerprint density at radius 2 is 2.18 bits per heavy atom. The zero-order chi connectivity index (χ0) is 12.8. The van der Waals surface area contributed by atoms with E-state index in [1.807, 2.05) is 0 Å². The third-order valence-electron chi connectivity index (χ3n) is 1.85. The summed E-state index contributed by atoms with van der Waals surface area (Å²) >= 11 is 0. The van der Waals surface area contributed by atoms with Crippen molar-refractivity contribution < 1.29 is 19.4 Å². The predicted molar refractivity (Wildman–Crippen MR) is 60.1 cm³/mol.